The fourth-order valence-corrected chi connectivity index (χ4v) is 2.24. The molecule has 0 aliphatic heterocycles. The molecule has 2 saturated carbocycles. The van der Waals surface area contributed by atoms with Gasteiger partial charge in [0.1, 0.15) is 0 Å². The summed E-state index contributed by atoms with van der Waals surface area (Å²) in [6, 6.07) is 0. The molecule has 1 nitrogen and oxygen atoms in total. The summed E-state index contributed by atoms with van der Waals surface area (Å²) >= 11 is 0. The van der Waals surface area contributed by atoms with Crippen LogP contribution in [0.25, 0.3) is 0 Å². The first kappa shape index (κ1) is 7.36. The predicted octanol–water partition coefficient (Wildman–Crippen LogP) is 1.70. The zero-order chi connectivity index (χ0) is 5.61. The molecule has 2 bridgehead atoms. The van der Waals surface area contributed by atoms with Crippen molar-refractivity contribution in [3.8, 4) is 0 Å². The molecule has 0 unspecified atom stereocenters. The van der Waals surface area contributed by atoms with Gasteiger partial charge in [0.15, 0.2) is 0 Å². The molecule has 0 aromatic carbocycles. The van der Waals surface area contributed by atoms with Gasteiger partial charge < -0.3 is 5.73 Å². The van der Waals surface area contributed by atoms with Gasteiger partial charge in [-0.05, 0) is 38.0 Å². The monoisotopic (exact) mass is 147 g/mol. The van der Waals surface area contributed by atoms with Crippen molar-refractivity contribution in [1.82, 2.24) is 0 Å². The quantitative estimate of drug-likeness (QED) is 0.555. The Balaban J connectivity index is 0.000000405. The smallest absolute Gasteiger partial charge is 0.0157 e. The Bertz CT molecular complexity index is 105. The number of nitrogens with two attached hydrogens (primary N) is 1. The molecule has 2 aliphatic rings. The minimum Gasteiger partial charge on any atom is -0.325 e. The Morgan fingerprint density at radius 2 is 1.78 bits per heavy atom. The van der Waals surface area contributed by atoms with Crippen molar-refractivity contribution in [2.75, 3.05) is 0 Å². The Labute approximate surface area is 62.4 Å². The standard InChI is InChI=1S/C7H13N.ClH/c8-7-3-1-6(5-7)2-4-7;/h6H,1-5,8H2;1H. The van der Waals surface area contributed by atoms with E-state index in [-0.39, 0.29) is 12.4 Å². The van der Waals surface area contributed by atoms with Crippen LogP contribution in [0.1, 0.15) is 32.1 Å². The minimum atomic E-state index is 0. The first-order valence-corrected chi connectivity index (χ1v) is 3.57. The van der Waals surface area contributed by atoms with Crippen LogP contribution in [0.4, 0.5) is 0 Å². The van der Waals surface area contributed by atoms with Crippen LogP contribution >= 0.6 is 12.4 Å². The zero-order valence-electron chi connectivity index (χ0n) is 5.60. The topological polar surface area (TPSA) is 26.0 Å². The van der Waals surface area contributed by atoms with Gasteiger partial charge in [0, 0.05) is 5.54 Å². The molecule has 0 amide bonds. The van der Waals surface area contributed by atoms with Crippen LogP contribution in [0.3, 0.4) is 0 Å². The summed E-state index contributed by atoms with van der Waals surface area (Å²) in [4.78, 5) is 0. The van der Waals surface area contributed by atoms with Crippen molar-refractivity contribution in [3.63, 3.8) is 0 Å². The third-order valence-corrected chi connectivity index (χ3v) is 2.80. The molecule has 0 atom stereocenters. The molecule has 2 fully saturated rings. The third kappa shape index (κ3) is 1.08. The van der Waals surface area contributed by atoms with Gasteiger partial charge in [-0.15, -0.1) is 12.4 Å². The molecule has 54 valence electrons. The van der Waals surface area contributed by atoms with Gasteiger partial charge in [0.2, 0.25) is 0 Å². The normalized spacial score (nSPS) is 47.0. The van der Waals surface area contributed by atoms with Crippen molar-refractivity contribution < 1.29 is 0 Å². The van der Waals surface area contributed by atoms with Crippen LogP contribution in [0.15, 0.2) is 0 Å². The van der Waals surface area contributed by atoms with Crippen molar-refractivity contribution in [2.45, 2.75) is 37.6 Å². The van der Waals surface area contributed by atoms with Crippen molar-refractivity contribution in [2.24, 2.45) is 11.7 Å². The Morgan fingerprint density at radius 3 is 1.89 bits per heavy atom. The zero-order valence-corrected chi connectivity index (χ0v) is 6.41. The first-order chi connectivity index (χ1) is 3.79. The van der Waals surface area contributed by atoms with E-state index in [1.165, 1.54) is 32.1 Å². The number of hydrogen-bond acceptors (Lipinski definition) is 1. The average molecular weight is 148 g/mol. The molecule has 0 spiro atoms. The highest BCUT2D eigenvalue weighted by atomic mass is 35.5. The SMILES string of the molecule is Cl.NC12CCC(CC1)C2. The lowest BCUT2D eigenvalue weighted by Gasteiger charge is -2.19. The highest BCUT2D eigenvalue weighted by Gasteiger charge is 2.41. The second-order valence-corrected chi connectivity index (χ2v) is 3.51. The molecular formula is C7H14ClN. The maximum absolute atomic E-state index is 6.00. The third-order valence-electron chi connectivity index (χ3n) is 2.80. The van der Waals surface area contributed by atoms with E-state index in [1.54, 1.807) is 0 Å². The Kier molecular flexibility index (Phi) is 1.75. The van der Waals surface area contributed by atoms with E-state index in [2.05, 4.69) is 0 Å². The van der Waals surface area contributed by atoms with Gasteiger partial charge in [-0.25, -0.2) is 0 Å². The number of hydrogen-bond donors (Lipinski definition) is 1. The van der Waals surface area contributed by atoms with Crippen LogP contribution in [0.5, 0.6) is 0 Å². The molecule has 0 heterocycles. The first-order valence-electron chi connectivity index (χ1n) is 3.57. The van der Waals surface area contributed by atoms with Crippen LogP contribution in [-0.4, -0.2) is 5.54 Å². The molecule has 0 aromatic heterocycles. The Morgan fingerprint density at radius 1 is 1.22 bits per heavy atom. The summed E-state index contributed by atoms with van der Waals surface area (Å²) < 4.78 is 0. The largest absolute Gasteiger partial charge is 0.325 e. The van der Waals surface area contributed by atoms with E-state index < -0.39 is 0 Å². The maximum Gasteiger partial charge on any atom is 0.0157 e. The molecule has 9 heavy (non-hydrogen) atoms. The summed E-state index contributed by atoms with van der Waals surface area (Å²) in [5.74, 6) is 1.01. The fraction of sp³-hybridized carbons (Fsp3) is 1.00. The molecule has 0 aromatic rings. The second kappa shape index (κ2) is 2.14. The molecule has 2 heteroatoms. The van der Waals surface area contributed by atoms with Gasteiger partial charge in [0.25, 0.3) is 0 Å². The lowest BCUT2D eigenvalue weighted by Crippen LogP contribution is -2.33. The van der Waals surface area contributed by atoms with Gasteiger partial charge in [-0.1, -0.05) is 0 Å². The predicted molar refractivity (Wildman–Crippen MR) is 40.7 cm³/mol. The number of halogens is 1. The van der Waals surface area contributed by atoms with Crippen molar-refractivity contribution in [3.05, 3.63) is 0 Å². The van der Waals surface area contributed by atoms with E-state index in [9.17, 15) is 0 Å². The van der Waals surface area contributed by atoms with Crippen LogP contribution in [0, 0.1) is 5.92 Å². The molecule has 2 aliphatic carbocycles. The second-order valence-electron chi connectivity index (χ2n) is 3.51. The van der Waals surface area contributed by atoms with Gasteiger partial charge >= 0.3 is 0 Å². The van der Waals surface area contributed by atoms with Gasteiger partial charge in [0.05, 0.1) is 0 Å². The number of fused-ring (bicyclic) bond motifs is 2. The summed E-state index contributed by atoms with van der Waals surface area (Å²) in [5.41, 5.74) is 6.31. The van der Waals surface area contributed by atoms with Crippen LogP contribution in [-0.2, 0) is 0 Å². The summed E-state index contributed by atoms with van der Waals surface area (Å²) in [6.07, 6.45) is 6.76. The van der Waals surface area contributed by atoms with Crippen molar-refractivity contribution in [1.29, 1.82) is 0 Å². The number of rotatable bonds is 0. The maximum atomic E-state index is 6.00. The van der Waals surface area contributed by atoms with Crippen molar-refractivity contribution >= 4 is 12.4 Å². The van der Waals surface area contributed by atoms with Gasteiger partial charge in [-0.3, -0.25) is 0 Å². The van der Waals surface area contributed by atoms with Crippen LogP contribution in [0.2, 0.25) is 0 Å². The molecule has 2 N–H and O–H groups in total. The minimum absolute atomic E-state index is 0. The summed E-state index contributed by atoms with van der Waals surface area (Å²) in [5, 5.41) is 0. The Hall–Kier alpha value is 0.250. The van der Waals surface area contributed by atoms with E-state index >= 15 is 0 Å². The van der Waals surface area contributed by atoms with E-state index in [4.69, 9.17) is 5.73 Å². The molecular weight excluding hydrogens is 134 g/mol. The van der Waals surface area contributed by atoms with E-state index in [0.29, 0.717) is 5.54 Å². The lowest BCUT2D eigenvalue weighted by atomic mass is 9.95. The average Bonchev–Trinajstić information content (AvgIpc) is 2.21. The van der Waals surface area contributed by atoms with Gasteiger partial charge in [-0.2, -0.15) is 0 Å². The molecule has 2 rings (SSSR count). The fourth-order valence-electron chi connectivity index (χ4n) is 2.24. The van der Waals surface area contributed by atoms with Crippen LogP contribution < -0.4 is 5.73 Å². The summed E-state index contributed by atoms with van der Waals surface area (Å²) in [6.45, 7) is 0. The molecule has 0 radical (unpaired) electrons. The van der Waals surface area contributed by atoms with E-state index in [1.807, 2.05) is 0 Å². The molecule has 0 saturated heterocycles. The highest BCUT2D eigenvalue weighted by Crippen LogP contribution is 2.45. The summed E-state index contributed by atoms with van der Waals surface area (Å²) in [7, 11) is 0. The lowest BCUT2D eigenvalue weighted by molar-refractivity contribution is 0.418. The van der Waals surface area contributed by atoms with E-state index in [0.717, 1.165) is 5.92 Å². The highest BCUT2D eigenvalue weighted by molar-refractivity contribution is 5.85.